The Morgan fingerprint density at radius 3 is 2.48 bits per heavy atom. The first-order chi connectivity index (χ1) is 10.9. The molecule has 0 amide bonds. The van der Waals surface area contributed by atoms with Crippen LogP contribution in [0.2, 0.25) is 0 Å². The quantitative estimate of drug-likeness (QED) is 0.854. The number of fused-ring (bicyclic) bond motifs is 1. The normalized spacial score (nSPS) is 14.0. The Kier molecular flexibility index (Phi) is 3.80. The number of nitriles is 1. The number of aromatic nitrogens is 2. The van der Waals surface area contributed by atoms with Crippen molar-refractivity contribution in [1.82, 2.24) is 9.55 Å². The maximum absolute atomic E-state index is 14.2. The number of imidazole rings is 1. The lowest BCUT2D eigenvalue weighted by Crippen LogP contribution is -2.32. The molecule has 1 aromatic carbocycles. The van der Waals surface area contributed by atoms with Gasteiger partial charge in [0.05, 0.1) is 23.9 Å². The molecule has 0 radical (unpaired) electrons. The summed E-state index contributed by atoms with van der Waals surface area (Å²) < 4.78 is 30.5. The monoisotopic (exact) mass is 316 g/mol. The fourth-order valence-corrected chi connectivity index (χ4v) is 3.19. The van der Waals surface area contributed by atoms with Crippen molar-refractivity contribution >= 4 is 5.69 Å². The predicted molar refractivity (Wildman–Crippen MR) is 83.1 cm³/mol. The molecule has 0 N–H and O–H groups in total. The number of benzene rings is 1. The highest BCUT2D eigenvalue weighted by atomic mass is 19.1. The summed E-state index contributed by atoms with van der Waals surface area (Å²) in [6.45, 7) is 5.04. The van der Waals surface area contributed by atoms with E-state index < -0.39 is 11.6 Å². The third kappa shape index (κ3) is 2.56. The van der Waals surface area contributed by atoms with Crippen LogP contribution in [0.4, 0.5) is 14.5 Å². The van der Waals surface area contributed by atoms with E-state index in [1.54, 1.807) is 11.0 Å². The minimum atomic E-state index is -0.704. The maximum atomic E-state index is 14.2. The Balaban J connectivity index is 1.97. The summed E-state index contributed by atoms with van der Waals surface area (Å²) in [5, 5.41) is 8.79. The minimum absolute atomic E-state index is 0.0126. The average molecular weight is 316 g/mol. The van der Waals surface area contributed by atoms with Crippen molar-refractivity contribution in [3.8, 4) is 6.07 Å². The van der Waals surface area contributed by atoms with E-state index in [9.17, 15) is 8.78 Å². The molecule has 0 spiro atoms. The number of anilines is 1. The van der Waals surface area contributed by atoms with Crippen LogP contribution in [0, 0.1) is 23.0 Å². The fourth-order valence-electron chi connectivity index (χ4n) is 3.19. The van der Waals surface area contributed by atoms with Gasteiger partial charge in [0, 0.05) is 31.6 Å². The third-order valence-electron chi connectivity index (χ3n) is 4.27. The summed E-state index contributed by atoms with van der Waals surface area (Å²) in [5.74, 6) is -0.130. The second kappa shape index (κ2) is 5.65. The first-order valence-corrected chi connectivity index (χ1v) is 7.60. The van der Waals surface area contributed by atoms with Crippen LogP contribution in [0.1, 0.15) is 42.5 Å². The molecular weight excluding hydrogens is 298 g/mol. The molecule has 120 valence electrons. The highest BCUT2D eigenvalue weighted by Crippen LogP contribution is 2.30. The van der Waals surface area contributed by atoms with Crippen molar-refractivity contribution in [3.63, 3.8) is 0 Å². The van der Waals surface area contributed by atoms with E-state index in [1.165, 1.54) is 0 Å². The van der Waals surface area contributed by atoms with Crippen molar-refractivity contribution < 1.29 is 8.78 Å². The molecule has 4 nitrogen and oxygen atoms in total. The molecule has 1 aliphatic heterocycles. The van der Waals surface area contributed by atoms with E-state index in [2.05, 4.69) is 23.4 Å². The lowest BCUT2D eigenvalue weighted by molar-refractivity contribution is 0.560. The van der Waals surface area contributed by atoms with Gasteiger partial charge in [0.1, 0.15) is 11.5 Å². The molecule has 0 unspecified atom stereocenters. The molecular formula is C17H18F2N4. The Labute approximate surface area is 134 Å². The molecule has 3 rings (SSSR count). The first kappa shape index (κ1) is 15.5. The predicted octanol–water partition coefficient (Wildman–Crippen LogP) is 3.26. The van der Waals surface area contributed by atoms with Crippen LogP contribution in [0.3, 0.4) is 0 Å². The summed E-state index contributed by atoms with van der Waals surface area (Å²) >= 11 is 0. The summed E-state index contributed by atoms with van der Waals surface area (Å²) in [7, 11) is 1.99. The Morgan fingerprint density at radius 2 is 1.91 bits per heavy atom. The first-order valence-electron chi connectivity index (χ1n) is 7.60. The number of halogens is 2. The van der Waals surface area contributed by atoms with Gasteiger partial charge in [0.2, 0.25) is 0 Å². The zero-order chi connectivity index (χ0) is 16.7. The van der Waals surface area contributed by atoms with Crippen molar-refractivity contribution in [2.75, 3.05) is 11.4 Å². The molecule has 0 saturated carbocycles. The van der Waals surface area contributed by atoms with Gasteiger partial charge >= 0.3 is 0 Å². The van der Waals surface area contributed by atoms with E-state index in [0.29, 0.717) is 25.4 Å². The van der Waals surface area contributed by atoms with Gasteiger partial charge in [-0.25, -0.2) is 13.8 Å². The molecule has 2 aromatic rings. The summed E-state index contributed by atoms with van der Waals surface area (Å²) in [4.78, 5) is 6.30. The number of rotatable bonds is 2. The van der Waals surface area contributed by atoms with Gasteiger partial charge in [-0.1, -0.05) is 13.8 Å². The zero-order valence-electron chi connectivity index (χ0n) is 13.4. The van der Waals surface area contributed by atoms with Crippen molar-refractivity contribution in [3.05, 3.63) is 46.5 Å². The van der Waals surface area contributed by atoms with Gasteiger partial charge in [-0.2, -0.15) is 5.26 Å². The standard InChI is InChI=1S/C17H18F2N4/c1-10(2)17-21-14-9-23(5-4-15(14)22(17)3)16-12(18)6-11(8-20)7-13(16)19/h6-7,10H,4-5,9H2,1-3H3. The van der Waals surface area contributed by atoms with Crippen LogP contribution in [0.15, 0.2) is 12.1 Å². The summed E-state index contributed by atoms with van der Waals surface area (Å²) in [6, 6.07) is 3.91. The van der Waals surface area contributed by atoms with Crippen LogP contribution in [0.25, 0.3) is 0 Å². The smallest absolute Gasteiger partial charge is 0.150 e. The lowest BCUT2D eigenvalue weighted by atomic mass is 10.1. The Hall–Kier alpha value is -2.42. The van der Waals surface area contributed by atoms with E-state index in [1.807, 2.05) is 7.05 Å². The third-order valence-corrected chi connectivity index (χ3v) is 4.27. The van der Waals surface area contributed by atoms with E-state index in [0.717, 1.165) is 29.3 Å². The molecule has 2 heterocycles. The topological polar surface area (TPSA) is 44.9 Å². The molecule has 0 saturated heterocycles. The molecule has 0 bridgehead atoms. The number of nitrogens with zero attached hydrogens (tertiary/aromatic N) is 4. The van der Waals surface area contributed by atoms with E-state index in [-0.39, 0.29) is 11.3 Å². The van der Waals surface area contributed by atoms with Gasteiger partial charge in [-0.15, -0.1) is 0 Å². The second-order valence-electron chi connectivity index (χ2n) is 6.15. The van der Waals surface area contributed by atoms with Gasteiger partial charge in [0.15, 0.2) is 11.6 Å². The molecule has 23 heavy (non-hydrogen) atoms. The molecule has 0 fully saturated rings. The van der Waals surface area contributed by atoms with Crippen LogP contribution in [-0.4, -0.2) is 16.1 Å². The Bertz CT molecular complexity index is 779. The number of hydrogen-bond acceptors (Lipinski definition) is 3. The van der Waals surface area contributed by atoms with E-state index >= 15 is 0 Å². The van der Waals surface area contributed by atoms with Crippen molar-refractivity contribution in [2.24, 2.45) is 7.05 Å². The van der Waals surface area contributed by atoms with Crippen molar-refractivity contribution in [1.29, 1.82) is 5.26 Å². The van der Waals surface area contributed by atoms with Gasteiger partial charge in [-0.05, 0) is 12.1 Å². The molecule has 1 aliphatic rings. The minimum Gasteiger partial charge on any atom is -0.360 e. The molecule has 0 atom stereocenters. The van der Waals surface area contributed by atoms with Gasteiger partial charge in [0.25, 0.3) is 0 Å². The highest BCUT2D eigenvalue weighted by Gasteiger charge is 2.27. The zero-order valence-corrected chi connectivity index (χ0v) is 13.4. The van der Waals surface area contributed by atoms with Crippen LogP contribution >= 0.6 is 0 Å². The molecule has 1 aromatic heterocycles. The van der Waals surface area contributed by atoms with Gasteiger partial charge in [-0.3, -0.25) is 0 Å². The number of hydrogen-bond donors (Lipinski definition) is 0. The summed E-state index contributed by atoms with van der Waals surface area (Å²) in [5.41, 5.74) is 1.90. The second-order valence-corrected chi connectivity index (χ2v) is 6.15. The lowest BCUT2D eigenvalue weighted by Gasteiger charge is -2.29. The van der Waals surface area contributed by atoms with Crippen LogP contribution < -0.4 is 4.90 Å². The largest absolute Gasteiger partial charge is 0.360 e. The van der Waals surface area contributed by atoms with E-state index in [4.69, 9.17) is 5.26 Å². The average Bonchev–Trinajstić information content (AvgIpc) is 2.83. The fraction of sp³-hybridized carbons (Fsp3) is 0.412. The van der Waals surface area contributed by atoms with Gasteiger partial charge < -0.3 is 9.47 Å². The molecule has 6 heteroatoms. The Morgan fingerprint density at radius 1 is 1.26 bits per heavy atom. The van der Waals surface area contributed by atoms with Crippen LogP contribution in [-0.2, 0) is 20.0 Å². The highest BCUT2D eigenvalue weighted by molar-refractivity contribution is 5.54. The van der Waals surface area contributed by atoms with Crippen molar-refractivity contribution in [2.45, 2.75) is 32.7 Å². The maximum Gasteiger partial charge on any atom is 0.150 e. The SMILES string of the molecule is CC(C)c1nc2c(n1C)CCN(c1c(F)cc(C#N)cc1F)C2. The van der Waals surface area contributed by atoms with Crippen LogP contribution in [0.5, 0.6) is 0 Å². The molecule has 0 aliphatic carbocycles. The summed E-state index contributed by atoms with van der Waals surface area (Å²) in [6.07, 6.45) is 0.685.